The Labute approximate surface area is 183 Å². The Morgan fingerprint density at radius 2 is 2.09 bits per heavy atom. The number of ether oxygens (including phenoxy) is 1. The van der Waals surface area contributed by atoms with E-state index in [1.807, 2.05) is 0 Å². The Balaban J connectivity index is 1.46. The standard InChI is InChI=1S/C23H24FN3O5/c1-11-3-6-15(17(24)7-11)12(2)25-22(30)16-9-26-10-18-27(13-4-5-14(8-13)32-18)23(31)19(26)21(29)20(16)28/h3,6-7,9,12-14,18,29H,4-5,8,10H2,1-2H3,(H,25,30)/t12-,13+,14-,18-/m1/s1. The summed E-state index contributed by atoms with van der Waals surface area (Å²) in [6.45, 7) is 3.58. The van der Waals surface area contributed by atoms with Crippen LogP contribution in [0.1, 0.15) is 64.2 Å². The van der Waals surface area contributed by atoms with E-state index in [9.17, 15) is 23.9 Å². The van der Waals surface area contributed by atoms with Crippen LogP contribution >= 0.6 is 0 Å². The van der Waals surface area contributed by atoms with Gasteiger partial charge in [-0.25, -0.2) is 4.39 Å². The second-order valence-corrected chi connectivity index (χ2v) is 8.83. The molecule has 2 N–H and O–H groups in total. The fraction of sp³-hybridized carbons (Fsp3) is 0.435. The van der Waals surface area contributed by atoms with E-state index in [1.165, 1.54) is 16.8 Å². The molecule has 0 spiro atoms. The van der Waals surface area contributed by atoms with Gasteiger partial charge in [0.05, 0.1) is 18.7 Å². The van der Waals surface area contributed by atoms with Crippen molar-refractivity contribution in [2.45, 2.75) is 64.1 Å². The monoisotopic (exact) mass is 441 g/mol. The Bertz CT molecular complexity index is 1190. The average molecular weight is 441 g/mol. The molecule has 8 nitrogen and oxygen atoms in total. The van der Waals surface area contributed by atoms with Crippen LogP contribution in [0.4, 0.5) is 4.39 Å². The molecular formula is C23H24FN3O5. The van der Waals surface area contributed by atoms with Gasteiger partial charge < -0.3 is 24.6 Å². The number of hydrogen-bond donors (Lipinski definition) is 2. The number of fused-ring (bicyclic) bond motifs is 5. The lowest BCUT2D eigenvalue weighted by Gasteiger charge is -2.44. The molecule has 2 fully saturated rings. The van der Waals surface area contributed by atoms with Crippen molar-refractivity contribution in [2.75, 3.05) is 0 Å². The van der Waals surface area contributed by atoms with Crippen LogP contribution in [0.5, 0.6) is 5.75 Å². The van der Waals surface area contributed by atoms with E-state index in [-0.39, 0.29) is 35.5 Å². The first-order valence-electron chi connectivity index (χ1n) is 10.8. The number of halogens is 1. The molecule has 1 saturated carbocycles. The number of carbonyl (C=O) groups is 2. The van der Waals surface area contributed by atoms with Gasteiger partial charge in [0.15, 0.2) is 17.7 Å². The van der Waals surface area contributed by atoms with E-state index in [1.54, 1.807) is 30.9 Å². The molecule has 3 heterocycles. The molecule has 5 rings (SSSR count). The number of benzene rings is 1. The number of aromatic nitrogens is 1. The highest BCUT2D eigenvalue weighted by atomic mass is 19.1. The lowest BCUT2D eigenvalue weighted by atomic mass is 10.0. The molecule has 1 aliphatic carbocycles. The topological polar surface area (TPSA) is 101 Å². The molecule has 3 aliphatic rings. The highest BCUT2D eigenvalue weighted by Crippen LogP contribution is 2.38. The highest BCUT2D eigenvalue weighted by Gasteiger charge is 2.47. The minimum atomic E-state index is -0.931. The molecule has 1 aromatic heterocycles. The van der Waals surface area contributed by atoms with Crippen molar-refractivity contribution in [1.29, 1.82) is 0 Å². The molecule has 0 radical (unpaired) electrons. The average Bonchev–Trinajstić information content (AvgIpc) is 3.11. The maximum absolute atomic E-state index is 14.3. The number of hydrogen-bond acceptors (Lipinski definition) is 5. The molecule has 32 heavy (non-hydrogen) atoms. The first-order valence-corrected chi connectivity index (χ1v) is 10.8. The summed E-state index contributed by atoms with van der Waals surface area (Å²) in [4.78, 5) is 40.4. The predicted molar refractivity (Wildman–Crippen MR) is 112 cm³/mol. The molecule has 168 valence electrons. The molecule has 9 heteroatoms. The zero-order chi connectivity index (χ0) is 22.7. The van der Waals surface area contributed by atoms with Gasteiger partial charge >= 0.3 is 0 Å². The van der Waals surface area contributed by atoms with Crippen molar-refractivity contribution in [2.24, 2.45) is 0 Å². The van der Waals surface area contributed by atoms with Gasteiger partial charge in [0, 0.05) is 17.8 Å². The van der Waals surface area contributed by atoms with Gasteiger partial charge in [-0.05, 0) is 44.7 Å². The number of aryl methyl sites for hydroxylation is 1. The summed E-state index contributed by atoms with van der Waals surface area (Å²) < 4.78 is 21.7. The first kappa shape index (κ1) is 20.7. The number of pyridine rings is 1. The van der Waals surface area contributed by atoms with Crippen molar-refractivity contribution >= 4 is 11.8 Å². The summed E-state index contributed by atoms with van der Waals surface area (Å²) in [7, 11) is 0. The van der Waals surface area contributed by atoms with Gasteiger partial charge in [-0.1, -0.05) is 12.1 Å². The third-order valence-electron chi connectivity index (χ3n) is 6.67. The fourth-order valence-corrected chi connectivity index (χ4v) is 5.05. The smallest absolute Gasteiger partial charge is 0.276 e. The van der Waals surface area contributed by atoms with Crippen molar-refractivity contribution in [3.63, 3.8) is 0 Å². The Morgan fingerprint density at radius 1 is 1.31 bits per heavy atom. The van der Waals surface area contributed by atoms with Crippen molar-refractivity contribution in [3.8, 4) is 5.75 Å². The molecule has 1 aromatic carbocycles. The second kappa shape index (κ2) is 7.44. The molecule has 4 atom stereocenters. The van der Waals surface area contributed by atoms with Crippen LogP contribution in [0.15, 0.2) is 29.2 Å². The van der Waals surface area contributed by atoms with Crippen LogP contribution in [-0.2, 0) is 11.3 Å². The Hall–Kier alpha value is -3.20. The van der Waals surface area contributed by atoms with Crippen LogP contribution in [0.25, 0.3) is 0 Å². The van der Waals surface area contributed by atoms with Gasteiger partial charge in [0.25, 0.3) is 11.8 Å². The summed E-state index contributed by atoms with van der Waals surface area (Å²) in [6, 6.07) is 4.00. The van der Waals surface area contributed by atoms with E-state index in [0.29, 0.717) is 0 Å². The van der Waals surface area contributed by atoms with Gasteiger partial charge in [-0.2, -0.15) is 0 Å². The maximum Gasteiger partial charge on any atom is 0.276 e. The second-order valence-electron chi connectivity index (χ2n) is 8.83. The lowest BCUT2D eigenvalue weighted by molar-refractivity contribution is -0.132. The molecular weight excluding hydrogens is 417 g/mol. The van der Waals surface area contributed by atoms with Crippen LogP contribution in [0, 0.1) is 12.7 Å². The number of nitrogens with one attached hydrogen (secondary N) is 1. The molecule has 0 unspecified atom stereocenters. The molecule has 1 saturated heterocycles. The minimum Gasteiger partial charge on any atom is -0.503 e. The number of aromatic hydroxyl groups is 1. The largest absolute Gasteiger partial charge is 0.503 e. The summed E-state index contributed by atoms with van der Waals surface area (Å²) >= 11 is 0. The molecule has 2 bridgehead atoms. The van der Waals surface area contributed by atoms with Crippen LogP contribution in [0.3, 0.4) is 0 Å². The Kier molecular flexibility index (Phi) is 4.81. The third kappa shape index (κ3) is 3.19. The van der Waals surface area contributed by atoms with Crippen LogP contribution in [0.2, 0.25) is 0 Å². The van der Waals surface area contributed by atoms with E-state index < -0.39 is 41.1 Å². The van der Waals surface area contributed by atoms with Crippen LogP contribution in [-0.4, -0.2) is 44.8 Å². The summed E-state index contributed by atoms with van der Waals surface area (Å²) in [6.07, 6.45) is 3.31. The minimum absolute atomic E-state index is 0.0303. The summed E-state index contributed by atoms with van der Waals surface area (Å²) in [5, 5.41) is 13.2. The predicted octanol–water partition coefficient (Wildman–Crippen LogP) is 2.23. The van der Waals surface area contributed by atoms with Gasteiger partial charge in [-0.15, -0.1) is 0 Å². The van der Waals surface area contributed by atoms with Crippen molar-refractivity contribution in [1.82, 2.24) is 14.8 Å². The SMILES string of the molecule is Cc1ccc([C@@H](C)NC(=O)c2cn3c(c(O)c2=O)C(=O)N2[C@H]4CC[C@H](C4)O[C@@H]2C3)c(F)c1. The number of carbonyl (C=O) groups excluding carboxylic acids is 2. The number of amides is 2. The summed E-state index contributed by atoms with van der Waals surface area (Å²) in [5.74, 6) is -2.44. The highest BCUT2D eigenvalue weighted by molar-refractivity contribution is 5.99. The Morgan fingerprint density at radius 3 is 2.84 bits per heavy atom. The zero-order valence-corrected chi connectivity index (χ0v) is 17.8. The van der Waals surface area contributed by atoms with Gasteiger partial charge in [-0.3, -0.25) is 14.4 Å². The maximum atomic E-state index is 14.3. The molecule has 2 amide bonds. The first-order chi connectivity index (χ1) is 15.2. The van der Waals surface area contributed by atoms with E-state index >= 15 is 0 Å². The van der Waals surface area contributed by atoms with Crippen molar-refractivity contribution < 1.29 is 23.8 Å². The van der Waals surface area contributed by atoms with Crippen LogP contribution < -0.4 is 10.7 Å². The van der Waals surface area contributed by atoms with E-state index in [4.69, 9.17) is 4.74 Å². The molecule has 2 aromatic rings. The normalized spacial score (nSPS) is 24.7. The van der Waals surface area contributed by atoms with E-state index in [2.05, 4.69) is 5.32 Å². The van der Waals surface area contributed by atoms with Gasteiger partial charge in [0.2, 0.25) is 5.43 Å². The zero-order valence-electron chi connectivity index (χ0n) is 17.8. The van der Waals surface area contributed by atoms with Crippen molar-refractivity contribution in [3.05, 3.63) is 62.8 Å². The lowest BCUT2D eigenvalue weighted by Crippen LogP contribution is -2.57. The van der Waals surface area contributed by atoms with E-state index in [0.717, 1.165) is 24.8 Å². The third-order valence-corrected chi connectivity index (χ3v) is 6.67. The number of nitrogens with zero attached hydrogens (tertiary/aromatic N) is 2. The molecule has 2 aliphatic heterocycles. The summed E-state index contributed by atoms with van der Waals surface area (Å²) in [5.41, 5.74) is -0.345. The number of rotatable bonds is 3. The quantitative estimate of drug-likeness (QED) is 0.761. The fourth-order valence-electron chi connectivity index (χ4n) is 5.05. The van der Waals surface area contributed by atoms with Gasteiger partial charge in [0.1, 0.15) is 11.4 Å².